The van der Waals surface area contributed by atoms with E-state index in [2.05, 4.69) is 21.4 Å². The third kappa shape index (κ3) is 6.88. The molecule has 0 saturated heterocycles. The molecule has 1 aliphatic carbocycles. The molecule has 0 aromatic heterocycles. The first-order valence-corrected chi connectivity index (χ1v) is 10.2. The average molecular weight is 365 g/mol. The molecule has 0 fully saturated rings. The number of hydrogen-bond donors (Lipinski definition) is 3. The number of aryl methyl sites for hydroxylation is 1. The highest BCUT2D eigenvalue weighted by atomic mass is 32.2. The Labute approximate surface area is 150 Å². The van der Waals surface area contributed by atoms with Gasteiger partial charge in [0.1, 0.15) is 0 Å². The van der Waals surface area contributed by atoms with Crippen molar-refractivity contribution in [3.63, 3.8) is 0 Å². The van der Waals surface area contributed by atoms with E-state index in [0.717, 1.165) is 24.8 Å². The smallest absolute Gasteiger partial charge is 0.314 e. The van der Waals surface area contributed by atoms with Crippen molar-refractivity contribution in [2.24, 2.45) is 0 Å². The molecule has 6 nitrogen and oxygen atoms in total. The van der Waals surface area contributed by atoms with Crippen LogP contribution in [0, 0.1) is 6.92 Å². The molecule has 1 aliphatic rings. The van der Waals surface area contributed by atoms with Crippen molar-refractivity contribution in [2.45, 2.75) is 43.9 Å². The van der Waals surface area contributed by atoms with Gasteiger partial charge in [0.2, 0.25) is 10.0 Å². The number of urea groups is 1. The molecule has 0 radical (unpaired) electrons. The van der Waals surface area contributed by atoms with Gasteiger partial charge in [-0.15, -0.1) is 0 Å². The van der Waals surface area contributed by atoms with Crippen LogP contribution in [0.3, 0.4) is 0 Å². The summed E-state index contributed by atoms with van der Waals surface area (Å²) in [4.78, 5) is 11.9. The van der Waals surface area contributed by atoms with Crippen LogP contribution in [0.5, 0.6) is 0 Å². The summed E-state index contributed by atoms with van der Waals surface area (Å²) >= 11 is 0. The molecule has 0 saturated carbocycles. The number of amides is 2. The van der Waals surface area contributed by atoms with Crippen LogP contribution in [0.1, 0.15) is 37.7 Å². The number of carbonyl (C=O) groups is 1. The largest absolute Gasteiger partial charge is 0.338 e. The second-order valence-electron chi connectivity index (χ2n) is 6.25. The summed E-state index contributed by atoms with van der Waals surface area (Å²) in [6, 6.07) is 6.37. The maximum atomic E-state index is 12.1. The zero-order valence-corrected chi connectivity index (χ0v) is 15.5. The standard InChI is InChI=1S/C18H27N3O3S/c1-15-7-9-17(10-8-15)25(23,24)21-14-13-20-18(22)19-12-11-16-5-3-2-4-6-16/h5,7-10,21H,2-4,6,11-14H2,1H3,(H2,19,20,22). The summed E-state index contributed by atoms with van der Waals surface area (Å²) in [6.45, 7) is 2.89. The molecular weight excluding hydrogens is 338 g/mol. The molecule has 2 rings (SSSR count). The van der Waals surface area contributed by atoms with Crippen LogP contribution in [-0.4, -0.2) is 34.1 Å². The van der Waals surface area contributed by atoms with Gasteiger partial charge in [-0.2, -0.15) is 0 Å². The molecule has 138 valence electrons. The van der Waals surface area contributed by atoms with Gasteiger partial charge in [0.05, 0.1) is 4.90 Å². The maximum Gasteiger partial charge on any atom is 0.314 e. The van der Waals surface area contributed by atoms with Gasteiger partial charge >= 0.3 is 6.03 Å². The van der Waals surface area contributed by atoms with Crippen LogP contribution in [0.4, 0.5) is 4.79 Å². The molecule has 2 amide bonds. The van der Waals surface area contributed by atoms with E-state index in [1.807, 2.05) is 6.92 Å². The van der Waals surface area contributed by atoms with Crippen molar-refractivity contribution in [3.8, 4) is 0 Å². The molecule has 25 heavy (non-hydrogen) atoms. The highest BCUT2D eigenvalue weighted by molar-refractivity contribution is 7.89. The lowest BCUT2D eigenvalue weighted by molar-refractivity contribution is 0.241. The Morgan fingerprint density at radius 3 is 2.44 bits per heavy atom. The van der Waals surface area contributed by atoms with Gasteiger partial charge in [-0.3, -0.25) is 0 Å². The van der Waals surface area contributed by atoms with Crippen LogP contribution in [-0.2, 0) is 10.0 Å². The molecule has 0 bridgehead atoms. The number of sulfonamides is 1. The monoisotopic (exact) mass is 365 g/mol. The fraction of sp³-hybridized carbons (Fsp3) is 0.500. The van der Waals surface area contributed by atoms with E-state index in [9.17, 15) is 13.2 Å². The van der Waals surface area contributed by atoms with Crippen molar-refractivity contribution in [2.75, 3.05) is 19.6 Å². The van der Waals surface area contributed by atoms with E-state index in [1.165, 1.54) is 18.4 Å². The van der Waals surface area contributed by atoms with Gasteiger partial charge in [-0.25, -0.2) is 17.9 Å². The first-order chi connectivity index (χ1) is 12.0. The lowest BCUT2D eigenvalue weighted by Crippen LogP contribution is -2.40. The van der Waals surface area contributed by atoms with Crippen LogP contribution in [0.15, 0.2) is 40.8 Å². The summed E-state index contributed by atoms with van der Waals surface area (Å²) in [5.41, 5.74) is 2.42. The minimum atomic E-state index is -3.54. The van der Waals surface area contributed by atoms with Crippen molar-refractivity contribution in [1.29, 1.82) is 0 Å². The number of nitrogens with one attached hydrogen (secondary N) is 3. The molecule has 7 heteroatoms. The van der Waals surface area contributed by atoms with Crippen LogP contribution >= 0.6 is 0 Å². The Morgan fingerprint density at radius 2 is 1.76 bits per heavy atom. The van der Waals surface area contributed by atoms with Gasteiger partial charge in [-0.1, -0.05) is 29.3 Å². The molecular formula is C18H27N3O3S. The van der Waals surface area contributed by atoms with Crippen molar-refractivity contribution >= 4 is 16.1 Å². The minimum absolute atomic E-state index is 0.148. The van der Waals surface area contributed by atoms with Gasteiger partial charge in [0.15, 0.2) is 0 Å². The Morgan fingerprint density at radius 1 is 1.04 bits per heavy atom. The van der Waals surface area contributed by atoms with E-state index < -0.39 is 10.0 Å². The quantitative estimate of drug-likeness (QED) is 0.488. The summed E-state index contributed by atoms with van der Waals surface area (Å²) in [6.07, 6.45) is 7.91. The van der Waals surface area contributed by atoms with Crippen LogP contribution < -0.4 is 15.4 Å². The number of carbonyl (C=O) groups excluding carboxylic acids is 1. The highest BCUT2D eigenvalue weighted by Gasteiger charge is 2.12. The van der Waals surface area contributed by atoms with Gasteiger partial charge in [0.25, 0.3) is 0 Å². The summed E-state index contributed by atoms with van der Waals surface area (Å²) in [5.74, 6) is 0. The second kappa shape index (κ2) is 9.58. The fourth-order valence-electron chi connectivity index (χ4n) is 2.69. The number of rotatable bonds is 8. The second-order valence-corrected chi connectivity index (χ2v) is 8.02. The molecule has 0 aliphatic heterocycles. The Kier molecular flexibility index (Phi) is 7.46. The zero-order valence-electron chi connectivity index (χ0n) is 14.7. The van der Waals surface area contributed by atoms with E-state index >= 15 is 0 Å². The topological polar surface area (TPSA) is 87.3 Å². The molecule has 0 heterocycles. The third-order valence-corrected chi connectivity index (χ3v) is 5.63. The SMILES string of the molecule is Cc1ccc(S(=O)(=O)NCCNC(=O)NCCC2=CCCCC2)cc1. The zero-order chi connectivity index (χ0) is 18.1. The predicted molar refractivity (Wildman–Crippen MR) is 98.9 cm³/mol. The third-order valence-electron chi connectivity index (χ3n) is 4.15. The first-order valence-electron chi connectivity index (χ1n) is 8.73. The van der Waals surface area contributed by atoms with Gasteiger partial charge < -0.3 is 10.6 Å². The van der Waals surface area contributed by atoms with Gasteiger partial charge in [0, 0.05) is 19.6 Å². The molecule has 0 spiro atoms. The molecule has 3 N–H and O–H groups in total. The lowest BCUT2D eigenvalue weighted by atomic mass is 9.97. The van der Waals surface area contributed by atoms with Gasteiger partial charge in [-0.05, 0) is 51.2 Å². The summed E-state index contributed by atoms with van der Waals surface area (Å²) in [7, 11) is -3.54. The van der Waals surface area contributed by atoms with E-state index in [1.54, 1.807) is 24.3 Å². The molecule has 1 aromatic rings. The van der Waals surface area contributed by atoms with E-state index in [-0.39, 0.29) is 24.0 Å². The number of allylic oxidation sites excluding steroid dienone is 1. The molecule has 0 unspecified atom stereocenters. The van der Waals surface area contributed by atoms with Crippen molar-refractivity contribution in [1.82, 2.24) is 15.4 Å². The molecule has 0 atom stereocenters. The Balaban J connectivity index is 1.62. The minimum Gasteiger partial charge on any atom is -0.338 e. The first kappa shape index (κ1) is 19.5. The Hall–Kier alpha value is -1.86. The maximum absolute atomic E-state index is 12.1. The van der Waals surface area contributed by atoms with E-state index in [0.29, 0.717) is 6.54 Å². The van der Waals surface area contributed by atoms with Crippen molar-refractivity contribution < 1.29 is 13.2 Å². The average Bonchev–Trinajstić information content (AvgIpc) is 2.60. The summed E-state index contributed by atoms with van der Waals surface area (Å²) in [5, 5.41) is 5.45. The normalized spacial score (nSPS) is 14.7. The number of benzene rings is 1. The van der Waals surface area contributed by atoms with Crippen molar-refractivity contribution in [3.05, 3.63) is 41.5 Å². The summed E-state index contributed by atoms with van der Waals surface area (Å²) < 4.78 is 26.7. The molecule has 1 aromatic carbocycles. The Bertz CT molecular complexity index is 697. The number of hydrogen-bond acceptors (Lipinski definition) is 3. The highest BCUT2D eigenvalue weighted by Crippen LogP contribution is 2.19. The van der Waals surface area contributed by atoms with E-state index in [4.69, 9.17) is 0 Å². The van der Waals surface area contributed by atoms with Crippen LogP contribution in [0.2, 0.25) is 0 Å². The lowest BCUT2D eigenvalue weighted by Gasteiger charge is -2.13. The fourth-order valence-corrected chi connectivity index (χ4v) is 3.72. The predicted octanol–water partition coefficient (Wildman–Crippen LogP) is 2.46. The van der Waals surface area contributed by atoms with Crippen LogP contribution in [0.25, 0.3) is 0 Å².